The summed E-state index contributed by atoms with van der Waals surface area (Å²) in [6.45, 7) is 0.729. The molecule has 0 aromatic heterocycles. The van der Waals surface area contributed by atoms with Gasteiger partial charge in [-0.2, -0.15) is 0 Å². The zero-order valence-electron chi connectivity index (χ0n) is 13.5. The van der Waals surface area contributed by atoms with Crippen LogP contribution in [0.3, 0.4) is 0 Å². The lowest BCUT2D eigenvalue weighted by Crippen LogP contribution is -2.37. The predicted molar refractivity (Wildman–Crippen MR) is 88.8 cm³/mol. The second-order valence-corrected chi connectivity index (χ2v) is 5.84. The summed E-state index contributed by atoms with van der Waals surface area (Å²) >= 11 is 0. The second kappa shape index (κ2) is 6.91. The Morgan fingerprint density at radius 1 is 1.12 bits per heavy atom. The average molecular weight is 329 g/mol. The highest BCUT2D eigenvalue weighted by molar-refractivity contribution is 5.91. The van der Waals surface area contributed by atoms with Crippen LogP contribution in [0, 0.1) is 5.82 Å². The molecule has 2 aromatic rings. The van der Waals surface area contributed by atoms with E-state index in [4.69, 9.17) is 9.47 Å². The van der Waals surface area contributed by atoms with Crippen molar-refractivity contribution < 1.29 is 18.7 Å². The highest BCUT2D eigenvalue weighted by Crippen LogP contribution is 2.49. The molecule has 0 spiro atoms. The Morgan fingerprint density at radius 2 is 1.79 bits per heavy atom. The first-order valence-electron chi connectivity index (χ1n) is 7.96. The maximum absolute atomic E-state index is 13.9. The van der Waals surface area contributed by atoms with E-state index in [2.05, 4.69) is 5.32 Å². The molecule has 4 nitrogen and oxygen atoms in total. The molecule has 2 aromatic carbocycles. The number of hydrogen-bond acceptors (Lipinski definition) is 3. The van der Waals surface area contributed by atoms with Crippen molar-refractivity contribution in [1.82, 2.24) is 5.32 Å². The van der Waals surface area contributed by atoms with Gasteiger partial charge >= 0.3 is 0 Å². The van der Waals surface area contributed by atoms with Crippen molar-refractivity contribution in [2.45, 2.75) is 18.3 Å². The molecule has 1 amide bonds. The van der Waals surface area contributed by atoms with Gasteiger partial charge in [0.15, 0.2) is 0 Å². The number of carbonyl (C=O) groups is 1. The smallest absolute Gasteiger partial charge is 0.230 e. The summed E-state index contributed by atoms with van der Waals surface area (Å²) in [5.41, 5.74) is -0.218. The SMILES string of the molecule is COc1ccc(OCCNC(=O)C2(c3ccccc3F)CC2)cc1. The fourth-order valence-electron chi connectivity index (χ4n) is 2.77. The van der Waals surface area contributed by atoms with Gasteiger partial charge in [-0.05, 0) is 43.2 Å². The Balaban J connectivity index is 1.50. The van der Waals surface area contributed by atoms with Crippen molar-refractivity contribution in [3.8, 4) is 11.5 Å². The average Bonchev–Trinajstić information content (AvgIpc) is 3.41. The van der Waals surface area contributed by atoms with Gasteiger partial charge in [0.25, 0.3) is 0 Å². The summed E-state index contributed by atoms with van der Waals surface area (Å²) in [7, 11) is 1.61. The lowest BCUT2D eigenvalue weighted by atomic mass is 9.94. The van der Waals surface area contributed by atoms with Crippen LogP contribution in [0.25, 0.3) is 0 Å². The minimum absolute atomic E-state index is 0.133. The fraction of sp³-hybridized carbons (Fsp3) is 0.316. The topological polar surface area (TPSA) is 47.6 Å². The van der Waals surface area contributed by atoms with E-state index in [-0.39, 0.29) is 11.7 Å². The summed E-state index contributed by atoms with van der Waals surface area (Å²) in [6.07, 6.45) is 1.36. The van der Waals surface area contributed by atoms with Gasteiger partial charge in [-0.3, -0.25) is 4.79 Å². The van der Waals surface area contributed by atoms with E-state index in [1.165, 1.54) is 6.07 Å². The highest BCUT2D eigenvalue weighted by Gasteiger charge is 2.52. The molecular formula is C19H20FNO3. The van der Waals surface area contributed by atoms with Crippen LogP contribution in [0.2, 0.25) is 0 Å². The van der Waals surface area contributed by atoms with Crippen LogP contribution >= 0.6 is 0 Å². The number of hydrogen-bond donors (Lipinski definition) is 1. The Morgan fingerprint density at radius 3 is 2.42 bits per heavy atom. The largest absolute Gasteiger partial charge is 0.497 e. The van der Waals surface area contributed by atoms with Crippen molar-refractivity contribution in [1.29, 1.82) is 0 Å². The predicted octanol–water partition coefficient (Wildman–Crippen LogP) is 3.06. The number of amides is 1. The Hall–Kier alpha value is -2.56. The maximum atomic E-state index is 13.9. The molecule has 0 atom stereocenters. The van der Waals surface area contributed by atoms with Crippen LogP contribution in [-0.4, -0.2) is 26.2 Å². The molecule has 1 fully saturated rings. The lowest BCUT2D eigenvalue weighted by Gasteiger charge is -2.16. The van der Waals surface area contributed by atoms with Crippen molar-refractivity contribution in [2.75, 3.05) is 20.3 Å². The van der Waals surface area contributed by atoms with Crippen molar-refractivity contribution >= 4 is 5.91 Å². The van der Waals surface area contributed by atoms with E-state index in [1.54, 1.807) is 25.3 Å². The summed E-state index contributed by atoms with van der Waals surface area (Å²) in [5, 5.41) is 2.85. The summed E-state index contributed by atoms with van der Waals surface area (Å²) in [4.78, 5) is 12.4. The van der Waals surface area contributed by atoms with Gasteiger partial charge in [-0.15, -0.1) is 0 Å². The zero-order valence-corrected chi connectivity index (χ0v) is 13.5. The molecule has 0 saturated heterocycles. The van der Waals surface area contributed by atoms with Crippen LogP contribution in [0.15, 0.2) is 48.5 Å². The first-order valence-corrected chi connectivity index (χ1v) is 7.96. The van der Waals surface area contributed by atoms with Crippen LogP contribution in [0.4, 0.5) is 4.39 Å². The molecule has 0 unspecified atom stereocenters. The number of rotatable bonds is 7. The number of halogens is 1. The van der Waals surface area contributed by atoms with Crippen molar-refractivity contribution in [3.63, 3.8) is 0 Å². The Labute approximate surface area is 140 Å². The van der Waals surface area contributed by atoms with Crippen LogP contribution < -0.4 is 14.8 Å². The van der Waals surface area contributed by atoms with E-state index < -0.39 is 5.41 Å². The normalized spacial score (nSPS) is 14.8. The third-order valence-electron chi connectivity index (χ3n) is 4.29. The van der Waals surface area contributed by atoms with Gasteiger partial charge in [-0.1, -0.05) is 18.2 Å². The van der Waals surface area contributed by atoms with E-state index >= 15 is 0 Å². The number of methoxy groups -OCH3 is 1. The minimum atomic E-state index is -0.703. The second-order valence-electron chi connectivity index (χ2n) is 5.84. The van der Waals surface area contributed by atoms with Gasteiger partial charge in [0.2, 0.25) is 5.91 Å². The molecule has 0 radical (unpaired) electrons. The minimum Gasteiger partial charge on any atom is -0.497 e. The number of benzene rings is 2. The molecular weight excluding hydrogens is 309 g/mol. The molecule has 1 aliphatic carbocycles. The molecule has 5 heteroatoms. The van der Waals surface area contributed by atoms with Gasteiger partial charge in [0, 0.05) is 5.56 Å². The quantitative estimate of drug-likeness (QED) is 0.794. The lowest BCUT2D eigenvalue weighted by molar-refractivity contribution is -0.123. The van der Waals surface area contributed by atoms with E-state index in [1.807, 2.05) is 24.3 Å². The van der Waals surface area contributed by atoms with Crippen LogP contribution in [0.5, 0.6) is 11.5 Å². The first kappa shape index (κ1) is 16.3. The number of carbonyl (C=O) groups excluding carboxylic acids is 1. The van der Waals surface area contributed by atoms with Crippen LogP contribution in [-0.2, 0) is 10.2 Å². The fourth-order valence-corrected chi connectivity index (χ4v) is 2.77. The standard InChI is InChI=1S/C19H20FNO3/c1-23-14-6-8-15(9-7-14)24-13-12-21-18(22)19(10-11-19)16-4-2-3-5-17(16)20/h2-9H,10-13H2,1H3,(H,21,22). The van der Waals surface area contributed by atoms with Crippen molar-refractivity contribution in [2.24, 2.45) is 0 Å². The van der Waals surface area contributed by atoms with E-state index in [0.717, 1.165) is 5.75 Å². The van der Waals surface area contributed by atoms with E-state index in [0.29, 0.717) is 37.3 Å². The molecule has 1 aliphatic rings. The monoisotopic (exact) mass is 329 g/mol. The third-order valence-corrected chi connectivity index (χ3v) is 4.29. The molecule has 0 heterocycles. The Kier molecular flexibility index (Phi) is 4.69. The third kappa shape index (κ3) is 3.35. The van der Waals surface area contributed by atoms with Crippen molar-refractivity contribution in [3.05, 3.63) is 59.9 Å². The maximum Gasteiger partial charge on any atom is 0.230 e. The molecule has 3 rings (SSSR count). The summed E-state index contributed by atoms with van der Waals surface area (Å²) < 4.78 is 24.6. The summed E-state index contributed by atoms with van der Waals surface area (Å²) in [5.74, 6) is 1.02. The molecule has 126 valence electrons. The molecule has 24 heavy (non-hydrogen) atoms. The van der Waals surface area contributed by atoms with Gasteiger partial charge < -0.3 is 14.8 Å². The molecule has 1 saturated carbocycles. The van der Waals surface area contributed by atoms with Gasteiger partial charge in [0.05, 0.1) is 19.1 Å². The molecule has 0 aliphatic heterocycles. The Bertz CT molecular complexity index is 711. The summed E-state index contributed by atoms with van der Waals surface area (Å²) in [6, 6.07) is 13.7. The van der Waals surface area contributed by atoms with E-state index in [9.17, 15) is 9.18 Å². The van der Waals surface area contributed by atoms with Crippen LogP contribution in [0.1, 0.15) is 18.4 Å². The van der Waals surface area contributed by atoms with Gasteiger partial charge in [0.1, 0.15) is 23.9 Å². The number of nitrogens with one attached hydrogen (secondary N) is 1. The highest BCUT2D eigenvalue weighted by atomic mass is 19.1. The molecule has 0 bridgehead atoms. The zero-order chi connectivity index (χ0) is 17.0. The molecule has 1 N–H and O–H groups in total. The number of ether oxygens (including phenoxy) is 2. The van der Waals surface area contributed by atoms with Gasteiger partial charge in [-0.25, -0.2) is 4.39 Å². The first-order chi connectivity index (χ1) is 11.7.